The summed E-state index contributed by atoms with van der Waals surface area (Å²) >= 11 is 3.46. The van der Waals surface area contributed by atoms with Gasteiger partial charge in [0.15, 0.2) is 28.9 Å². The monoisotopic (exact) mass is 1010 g/mol. The Morgan fingerprint density at radius 2 is 1.04 bits per heavy atom. The predicted molar refractivity (Wildman–Crippen MR) is 258 cm³/mol. The van der Waals surface area contributed by atoms with Gasteiger partial charge in [-0.3, -0.25) is 9.59 Å². The minimum Gasteiger partial charge on any atom is -0.505 e. The number of fused-ring (bicyclic) bond motifs is 14. The van der Waals surface area contributed by atoms with Crippen molar-refractivity contribution in [3.8, 4) is 11.5 Å². The largest absolute Gasteiger partial charge is 0.505 e. The fourth-order valence-electron chi connectivity index (χ4n) is 18.7. The van der Waals surface area contributed by atoms with E-state index in [0.717, 1.165) is 117 Å². The Bertz CT molecular complexity index is 2220. The van der Waals surface area contributed by atoms with Crippen molar-refractivity contribution < 1.29 is 47.2 Å². The number of benzene rings is 2. The second-order valence-corrected chi connectivity index (χ2v) is 25.4. The maximum absolute atomic E-state index is 14.0. The summed E-state index contributed by atoms with van der Waals surface area (Å²) in [5.74, 6) is 7.62. The van der Waals surface area contributed by atoms with E-state index in [1.54, 1.807) is 0 Å². The van der Waals surface area contributed by atoms with Crippen LogP contribution in [0.5, 0.6) is 11.5 Å². The minimum absolute atomic E-state index is 0. The van der Waals surface area contributed by atoms with E-state index in [-0.39, 0.29) is 42.3 Å². The van der Waals surface area contributed by atoms with E-state index in [4.69, 9.17) is 9.84 Å². The number of hydrogen-bond donors (Lipinski definition) is 3. The highest BCUT2D eigenvalue weighted by molar-refractivity contribution is 9.09. The van der Waals surface area contributed by atoms with Crippen LogP contribution in [0.2, 0.25) is 0 Å². The molecule has 0 unspecified atom stereocenters. The SMILES string of the molecule is C.C[C@@]1(O)CC[C@H]2[C@H](CC[C@@H]3[C@@H]2CC[C@@]2(C)[C@H]3[C@@H]3C[C@@H]3[C@@H]2C(=O)CBr)C1.C[C@@]1(O)CC[C@H]2[C@H](CC[C@@H]3[C@@H]2CC[C@@]2(C)[C@H]3[C@@H]3C[C@@H]3[C@@H]2C(=O)COc2ccc(F)cc2F)C1.Oc1ccc(F)cc1F. The molecule has 0 bridgehead atoms. The Morgan fingerprint density at radius 3 is 1.50 bits per heavy atom. The third-order valence-electron chi connectivity index (χ3n) is 21.0. The number of halogens is 5. The van der Waals surface area contributed by atoms with Crippen LogP contribution in [0.1, 0.15) is 138 Å². The summed E-state index contributed by atoms with van der Waals surface area (Å²) in [6.07, 6.45) is 18.8. The molecule has 0 aliphatic heterocycles. The quantitative estimate of drug-likeness (QED) is 0.197. The number of phenolic OH excluding ortho intramolecular Hbond substituents is 1. The maximum Gasteiger partial charge on any atom is 0.174 e. The van der Waals surface area contributed by atoms with Crippen LogP contribution in [0.4, 0.5) is 17.6 Å². The fraction of sp³-hybridized carbons (Fsp3) is 0.754. The molecule has 10 aliphatic carbocycles. The van der Waals surface area contributed by atoms with Gasteiger partial charge in [-0.15, -0.1) is 0 Å². The van der Waals surface area contributed by atoms with Gasteiger partial charge >= 0.3 is 0 Å². The van der Waals surface area contributed by atoms with E-state index in [1.165, 1.54) is 63.9 Å². The fourth-order valence-corrected chi connectivity index (χ4v) is 19.1. The van der Waals surface area contributed by atoms with Crippen molar-refractivity contribution in [1.82, 2.24) is 0 Å². The number of alkyl halides is 1. The molecule has 20 atom stereocenters. The number of rotatable bonds is 6. The van der Waals surface area contributed by atoms with Gasteiger partial charge in [-0.05, 0) is 235 Å². The van der Waals surface area contributed by atoms with Crippen molar-refractivity contribution in [2.24, 2.45) is 106 Å². The molecule has 68 heavy (non-hydrogen) atoms. The zero-order chi connectivity index (χ0) is 47.5. The van der Waals surface area contributed by atoms with Gasteiger partial charge in [0.25, 0.3) is 0 Å². The Morgan fingerprint density at radius 1 is 0.588 bits per heavy atom. The van der Waals surface area contributed by atoms with Gasteiger partial charge in [0.2, 0.25) is 0 Å². The van der Waals surface area contributed by atoms with Gasteiger partial charge in [-0.1, -0.05) is 37.2 Å². The van der Waals surface area contributed by atoms with Crippen LogP contribution in [0.15, 0.2) is 36.4 Å². The lowest BCUT2D eigenvalue weighted by Crippen LogP contribution is -2.52. The number of carbonyl (C=O) groups excluding carboxylic acids is 2. The second-order valence-electron chi connectivity index (χ2n) is 24.9. The van der Waals surface area contributed by atoms with Crippen molar-refractivity contribution in [3.05, 3.63) is 59.7 Å². The Balaban J connectivity index is 0.000000145. The van der Waals surface area contributed by atoms with Gasteiger partial charge in [0.1, 0.15) is 24.0 Å². The molecule has 0 spiro atoms. The highest BCUT2D eigenvalue weighted by Crippen LogP contribution is 2.76. The lowest BCUT2D eigenvalue weighted by molar-refractivity contribution is -0.137. The van der Waals surface area contributed by atoms with Crippen LogP contribution in [-0.2, 0) is 9.59 Å². The van der Waals surface area contributed by atoms with Crippen LogP contribution in [0.3, 0.4) is 0 Å². The standard InChI is InChI=1S/C28H36F2O3.C22H33BrO2.C6H4F2O.CH4/c1-27(32)9-7-17-15(13-27)3-5-19-18(17)8-10-28(2)25(19)20-12-21(20)26(28)23(31)14-33-24-6-4-16(29)11-22(24)30;1-21(25)7-5-13-12(10-21)3-4-15-14(13)6-8-22(2)19(15)16-9-17(16)20(22)18(24)11-23;7-4-1-2-6(9)5(8)3-4;/h4,6,11,15,17-21,25-26,32H,3,5,7-10,12-14H2,1-2H3;12-17,19-20,25H,3-11H2,1-2H3;1-3,9H;1H4/t15-,17+,18-,19-,20-,21+,25-,26-,27-,28+;12-,13+,14-,15-,16-,17+,19-,20-,21-,22+;;/m11../s1. The number of ketones is 2. The average Bonchev–Trinajstić information content (AvgIpc) is 4.18. The number of Topliss-reactive ketones (excluding diaryl/α,β-unsaturated/α-hetero) is 2. The minimum atomic E-state index is -0.935. The summed E-state index contributed by atoms with van der Waals surface area (Å²) in [6, 6.07) is 5.79. The second kappa shape index (κ2) is 18.5. The smallest absolute Gasteiger partial charge is 0.174 e. The molecule has 12 rings (SSSR count). The molecule has 11 heteroatoms. The third kappa shape index (κ3) is 8.95. The lowest BCUT2D eigenvalue weighted by atomic mass is 9.48. The summed E-state index contributed by atoms with van der Waals surface area (Å²) in [5, 5.41) is 30.2. The molecule has 0 amide bonds. The molecule has 10 fully saturated rings. The molecule has 0 radical (unpaired) electrons. The van der Waals surface area contributed by atoms with Gasteiger partial charge in [-0.25, -0.2) is 17.6 Å². The first-order chi connectivity index (χ1) is 31.7. The van der Waals surface area contributed by atoms with E-state index in [2.05, 4.69) is 36.7 Å². The maximum atomic E-state index is 14.0. The number of ether oxygens (including phenoxy) is 1. The molecule has 6 nitrogen and oxygen atoms in total. The van der Waals surface area contributed by atoms with Crippen LogP contribution >= 0.6 is 15.9 Å². The van der Waals surface area contributed by atoms with Crippen LogP contribution < -0.4 is 4.74 Å². The van der Waals surface area contributed by atoms with E-state index in [9.17, 15) is 37.4 Å². The molecule has 0 aromatic heterocycles. The van der Waals surface area contributed by atoms with Gasteiger partial charge in [0, 0.05) is 24.0 Å². The van der Waals surface area contributed by atoms with Crippen molar-refractivity contribution in [2.75, 3.05) is 11.9 Å². The highest BCUT2D eigenvalue weighted by atomic mass is 79.9. The number of aliphatic hydroxyl groups is 2. The van der Waals surface area contributed by atoms with Gasteiger partial charge in [-0.2, -0.15) is 0 Å². The molecular formula is C57H77BrF4O6. The van der Waals surface area contributed by atoms with E-state index < -0.39 is 40.2 Å². The summed E-state index contributed by atoms with van der Waals surface area (Å²) in [7, 11) is 0. The Kier molecular flexibility index (Phi) is 13.7. The Labute approximate surface area is 410 Å². The molecule has 2 aromatic rings. The lowest BCUT2D eigenvalue weighted by Gasteiger charge is -2.57. The topological polar surface area (TPSA) is 104 Å². The van der Waals surface area contributed by atoms with Crippen LogP contribution in [-0.4, -0.2) is 50.0 Å². The number of phenols is 1. The number of carbonyl (C=O) groups is 2. The van der Waals surface area contributed by atoms with Crippen LogP contribution in [0, 0.1) is 129 Å². The van der Waals surface area contributed by atoms with Crippen molar-refractivity contribution >= 4 is 27.5 Å². The number of hydrogen-bond acceptors (Lipinski definition) is 6. The summed E-state index contributed by atoms with van der Waals surface area (Å²) < 4.78 is 56.8. The average molecular weight is 1010 g/mol. The van der Waals surface area contributed by atoms with Gasteiger partial charge in [0.05, 0.1) is 16.5 Å². The summed E-state index contributed by atoms with van der Waals surface area (Å²) in [4.78, 5) is 26.1. The van der Waals surface area contributed by atoms with Gasteiger partial charge < -0.3 is 20.1 Å². The zero-order valence-corrected chi connectivity index (χ0v) is 41.5. The predicted octanol–water partition coefficient (Wildman–Crippen LogP) is 12.9. The Hall–Kier alpha value is -2.50. The van der Waals surface area contributed by atoms with Crippen molar-refractivity contribution in [3.63, 3.8) is 0 Å². The van der Waals surface area contributed by atoms with Crippen LogP contribution in [0.25, 0.3) is 0 Å². The summed E-state index contributed by atoms with van der Waals surface area (Å²) in [6.45, 7) is 8.75. The van der Waals surface area contributed by atoms with Crippen molar-refractivity contribution in [2.45, 2.75) is 149 Å². The molecule has 0 saturated heterocycles. The molecular weight excluding hydrogens is 937 g/mol. The van der Waals surface area contributed by atoms with E-state index in [1.807, 2.05) is 6.92 Å². The molecule has 376 valence electrons. The van der Waals surface area contributed by atoms with E-state index in [0.29, 0.717) is 58.6 Å². The molecule has 0 heterocycles. The molecule has 2 aromatic carbocycles. The van der Waals surface area contributed by atoms with Crippen molar-refractivity contribution in [1.29, 1.82) is 0 Å². The highest BCUT2D eigenvalue weighted by Gasteiger charge is 2.72. The number of aromatic hydroxyl groups is 1. The first-order valence-electron chi connectivity index (χ1n) is 26.0. The third-order valence-corrected chi connectivity index (χ3v) is 21.6. The molecule has 3 N–H and O–H groups in total. The summed E-state index contributed by atoms with van der Waals surface area (Å²) in [5.41, 5.74) is -0.608. The van der Waals surface area contributed by atoms with E-state index >= 15 is 0 Å². The normalized spacial score (nSPS) is 46.2. The molecule has 10 aliphatic rings. The molecule has 10 saturated carbocycles. The first-order valence-corrected chi connectivity index (χ1v) is 27.1. The first kappa shape index (κ1) is 50.4. The zero-order valence-electron chi connectivity index (χ0n) is 39.9.